The summed E-state index contributed by atoms with van der Waals surface area (Å²) in [5.74, 6) is 0.340. The number of carbonyl (C=O) groups excluding carboxylic acids is 2. The molecule has 1 amide bonds. The highest BCUT2D eigenvalue weighted by atomic mass is 32.1. The first-order chi connectivity index (χ1) is 13.1. The van der Waals surface area contributed by atoms with Crippen molar-refractivity contribution < 1.29 is 19.1 Å². The number of carbonyl (C=O) groups is 2. The number of hydrogen-bond acceptors (Lipinski definition) is 5. The minimum absolute atomic E-state index is 0.0976. The molecule has 1 atom stereocenters. The van der Waals surface area contributed by atoms with Crippen LogP contribution >= 0.6 is 11.3 Å². The zero-order valence-corrected chi connectivity index (χ0v) is 16.4. The van der Waals surface area contributed by atoms with Crippen LogP contribution in [-0.2, 0) is 22.4 Å². The van der Waals surface area contributed by atoms with Gasteiger partial charge in [-0.25, -0.2) is 4.79 Å². The molecule has 27 heavy (non-hydrogen) atoms. The van der Waals surface area contributed by atoms with Gasteiger partial charge < -0.3 is 14.4 Å². The third-order valence-corrected chi connectivity index (χ3v) is 6.47. The van der Waals surface area contributed by atoms with Gasteiger partial charge in [-0.3, -0.25) is 4.79 Å². The molecule has 2 aliphatic rings. The number of ether oxygens (including phenoxy) is 2. The fourth-order valence-corrected chi connectivity index (χ4v) is 4.96. The maximum absolute atomic E-state index is 12.6. The summed E-state index contributed by atoms with van der Waals surface area (Å²) in [6, 6.07) is 7.98. The second-order valence-electron chi connectivity index (χ2n) is 7.07. The molecule has 0 bridgehead atoms. The van der Waals surface area contributed by atoms with Crippen molar-refractivity contribution in [3.05, 3.63) is 40.3 Å². The van der Waals surface area contributed by atoms with Gasteiger partial charge in [-0.2, -0.15) is 0 Å². The van der Waals surface area contributed by atoms with Gasteiger partial charge in [0, 0.05) is 18.0 Å². The van der Waals surface area contributed by atoms with E-state index in [4.69, 9.17) is 9.47 Å². The summed E-state index contributed by atoms with van der Waals surface area (Å²) >= 11 is 1.45. The van der Waals surface area contributed by atoms with E-state index in [1.807, 2.05) is 12.1 Å². The first kappa shape index (κ1) is 18.0. The van der Waals surface area contributed by atoms with Crippen molar-refractivity contribution in [2.75, 3.05) is 20.2 Å². The zero-order chi connectivity index (χ0) is 19.0. The number of hydrogen-bond donors (Lipinski definition) is 0. The molecule has 1 saturated heterocycles. The minimum Gasteiger partial charge on any atom is -0.497 e. The van der Waals surface area contributed by atoms with Crippen LogP contribution in [0.15, 0.2) is 24.3 Å². The van der Waals surface area contributed by atoms with E-state index < -0.39 is 12.1 Å². The fourth-order valence-electron chi connectivity index (χ4n) is 3.80. The van der Waals surface area contributed by atoms with Crippen molar-refractivity contribution in [2.45, 2.75) is 38.7 Å². The number of fused-ring (bicyclic) bond motifs is 3. The summed E-state index contributed by atoms with van der Waals surface area (Å²) in [4.78, 5) is 28.4. The number of nitrogens with zero attached hydrogens (tertiary/aromatic N) is 1. The summed E-state index contributed by atoms with van der Waals surface area (Å²) in [6.45, 7) is 3.18. The number of amides is 1. The van der Waals surface area contributed by atoms with Crippen LogP contribution in [0.2, 0.25) is 0 Å². The molecule has 4 rings (SSSR count). The topological polar surface area (TPSA) is 55.8 Å². The molecule has 0 spiro atoms. The van der Waals surface area contributed by atoms with Crippen LogP contribution in [0.1, 0.15) is 40.6 Å². The van der Waals surface area contributed by atoms with Crippen LogP contribution in [0.25, 0.3) is 10.4 Å². The molecule has 1 aliphatic carbocycles. The Balaban J connectivity index is 1.51. The lowest BCUT2D eigenvalue weighted by atomic mass is 9.91. The minimum atomic E-state index is -0.744. The highest BCUT2D eigenvalue weighted by Gasteiger charge is 2.28. The summed E-state index contributed by atoms with van der Waals surface area (Å²) in [5, 5.41) is 0. The van der Waals surface area contributed by atoms with E-state index in [1.165, 1.54) is 22.5 Å². The van der Waals surface area contributed by atoms with E-state index in [-0.39, 0.29) is 5.91 Å². The van der Waals surface area contributed by atoms with Gasteiger partial charge in [0.1, 0.15) is 10.6 Å². The van der Waals surface area contributed by atoms with Gasteiger partial charge in [-0.1, -0.05) is 0 Å². The van der Waals surface area contributed by atoms with Crippen molar-refractivity contribution in [3.8, 4) is 16.2 Å². The van der Waals surface area contributed by atoms with Crippen LogP contribution in [0.4, 0.5) is 0 Å². The molecule has 142 valence electrons. The lowest BCUT2D eigenvalue weighted by molar-refractivity contribution is -0.138. The zero-order valence-electron chi connectivity index (χ0n) is 15.6. The Morgan fingerprint density at radius 2 is 1.85 bits per heavy atom. The number of benzene rings is 1. The average Bonchev–Trinajstić information content (AvgIpc) is 3.36. The molecule has 1 aromatic carbocycles. The molecule has 2 aromatic rings. The van der Waals surface area contributed by atoms with E-state index in [1.54, 1.807) is 18.9 Å². The number of likely N-dealkylation sites (tertiary alicyclic amines) is 1. The molecule has 0 N–H and O–H groups in total. The smallest absolute Gasteiger partial charge is 0.349 e. The first-order valence-electron chi connectivity index (χ1n) is 9.36. The van der Waals surface area contributed by atoms with Crippen LogP contribution in [0, 0.1) is 0 Å². The third kappa shape index (κ3) is 3.46. The van der Waals surface area contributed by atoms with Gasteiger partial charge >= 0.3 is 5.97 Å². The van der Waals surface area contributed by atoms with E-state index in [9.17, 15) is 9.59 Å². The molecule has 0 unspecified atom stereocenters. The van der Waals surface area contributed by atoms with Crippen molar-refractivity contribution in [1.82, 2.24) is 4.90 Å². The molecular formula is C21H23NO4S. The molecule has 1 aliphatic heterocycles. The lowest BCUT2D eigenvalue weighted by Crippen LogP contribution is -2.38. The largest absolute Gasteiger partial charge is 0.497 e. The number of aryl methyl sites for hydroxylation is 2. The monoisotopic (exact) mass is 385 g/mol. The standard InChI is InChI=1S/C21H23NO4S/c1-13(20(23)22-9-3-4-10-22)26-21(24)18-12-15-6-5-14-11-16(25-2)7-8-17(14)19(15)27-18/h7-8,11-13H,3-6,9-10H2,1-2H3/t13-/m0/s1. The predicted molar refractivity (Wildman–Crippen MR) is 104 cm³/mol. The Labute approximate surface area is 162 Å². The summed E-state index contributed by atoms with van der Waals surface area (Å²) in [5.41, 5.74) is 3.56. The van der Waals surface area contributed by atoms with Crippen molar-refractivity contribution in [2.24, 2.45) is 0 Å². The van der Waals surface area contributed by atoms with Crippen LogP contribution < -0.4 is 4.74 Å². The maximum atomic E-state index is 12.6. The second kappa shape index (κ2) is 7.35. The first-order valence-corrected chi connectivity index (χ1v) is 10.2. The van der Waals surface area contributed by atoms with E-state index >= 15 is 0 Å². The molecular weight excluding hydrogens is 362 g/mol. The SMILES string of the molecule is COc1ccc2c(c1)CCc1cc(C(=O)O[C@@H](C)C(=O)N3CCCC3)sc1-2. The fraction of sp³-hybridized carbons (Fsp3) is 0.429. The maximum Gasteiger partial charge on any atom is 0.349 e. The molecule has 0 saturated carbocycles. The predicted octanol–water partition coefficient (Wildman–Crippen LogP) is 3.69. The average molecular weight is 385 g/mol. The highest BCUT2D eigenvalue weighted by molar-refractivity contribution is 7.17. The van der Waals surface area contributed by atoms with Crippen LogP contribution in [-0.4, -0.2) is 43.1 Å². The molecule has 1 fully saturated rings. The van der Waals surface area contributed by atoms with Gasteiger partial charge in [-0.05, 0) is 73.6 Å². The van der Waals surface area contributed by atoms with E-state index in [0.29, 0.717) is 4.88 Å². The number of thiophene rings is 1. The molecule has 6 heteroatoms. The Bertz CT molecular complexity index is 882. The Morgan fingerprint density at radius 3 is 2.59 bits per heavy atom. The molecule has 2 heterocycles. The van der Waals surface area contributed by atoms with Gasteiger partial charge in [0.2, 0.25) is 0 Å². The second-order valence-corrected chi connectivity index (χ2v) is 8.12. The van der Waals surface area contributed by atoms with Gasteiger partial charge in [0.15, 0.2) is 6.10 Å². The van der Waals surface area contributed by atoms with Crippen LogP contribution in [0.5, 0.6) is 5.75 Å². The van der Waals surface area contributed by atoms with Gasteiger partial charge in [-0.15, -0.1) is 11.3 Å². The quantitative estimate of drug-likeness (QED) is 0.753. The van der Waals surface area contributed by atoms with Crippen LogP contribution in [0.3, 0.4) is 0 Å². The molecule has 0 radical (unpaired) electrons. The molecule has 5 nitrogen and oxygen atoms in total. The number of esters is 1. The summed E-state index contributed by atoms with van der Waals surface area (Å²) < 4.78 is 10.8. The van der Waals surface area contributed by atoms with Crippen molar-refractivity contribution in [3.63, 3.8) is 0 Å². The lowest BCUT2D eigenvalue weighted by Gasteiger charge is -2.20. The normalized spacial score (nSPS) is 16.4. The van der Waals surface area contributed by atoms with Gasteiger partial charge in [0.25, 0.3) is 5.91 Å². The van der Waals surface area contributed by atoms with Crippen molar-refractivity contribution >= 4 is 23.2 Å². The Kier molecular flexibility index (Phi) is 4.91. The molecule has 1 aromatic heterocycles. The summed E-state index contributed by atoms with van der Waals surface area (Å²) in [6.07, 6.45) is 3.12. The number of methoxy groups -OCH3 is 1. The van der Waals surface area contributed by atoms with Gasteiger partial charge in [0.05, 0.1) is 7.11 Å². The Morgan fingerprint density at radius 1 is 1.11 bits per heavy atom. The van der Waals surface area contributed by atoms with E-state index in [0.717, 1.165) is 55.0 Å². The van der Waals surface area contributed by atoms with E-state index in [2.05, 4.69) is 12.1 Å². The number of rotatable bonds is 4. The highest BCUT2D eigenvalue weighted by Crippen LogP contribution is 2.41. The Hall–Kier alpha value is -2.34. The van der Waals surface area contributed by atoms with Crippen molar-refractivity contribution in [1.29, 1.82) is 0 Å². The third-order valence-electron chi connectivity index (χ3n) is 5.28. The summed E-state index contributed by atoms with van der Waals surface area (Å²) in [7, 11) is 1.67.